The van der Waals surface area contributed by atoms with E-state index in [1.807, 2.05) is 0 Å². The minimum Gasteiger partial charge on any atom is -0.493 e. The Morgan fingerprint density at radius 3 is 2.50 bits per heavy atom. The summed E-state index contributed by atoms with van der Waals surface area (Å²) < 4.78 is 10.6. The van der Waals surface area contributed by atoms with Gasteiger partial charge in [-0.1, -0.05) is 11.6 Å². The molecule has 26 heavy (non-hydrogen) atoms. The standard InChI is InChI=1S/C17H23ClN2O6/c1-5-26-15-13(18)8-12(9-14(15)25-4)16(22)20(10(2)17(23)24)7-6-19-11(3)21/h8-10H,5-7H2,1-4H3,(H,19,21)(H,23,24). The average molecular weight is 387 g/mol. The van der Waals surface area contributed by atoms with E-state index in [0.29, 0.717) is 12.4 Å². The van der Waals surface area contributed by atoms with Crippen LogP contribution in [0.2, 0.25) is 5.02 Å². The summed E-state index contributed by atoms with van der Waals surface area (Å²) in [6, 6.07) is 1.75. The van der Waals surface area contributed by atoms with Crippen LogP contribution in [0.25, 0.3) is 0 Å². The quantitative estimate of drug-likeness (QED) is 0.670. The molecule has 8 nitrogen and oxygen atoms in total. The van der Waals surface area contributed by atoms with Crippen LogP contribution >= 0.6 is 11.6 Å². The van der Waals surface area contributed by atoms with Crippen LogP contribution < -0.4 is 14.8 Å². The molecule has 0 radical (unpaired) electrons. The van der Waals surface area contributed by atoms with E-state index in [2.05, 4.69) is 5.32 Å². The monoisotopic (exact) mass is 386 g/mol. The molecule has 2 N–H and O–H groups in total. The lowest BCUT2D eigenvalue weighted by atomic mass is 10.1. The predicted octanol–water partition coefficient (Wildman–Crippen LogP) is 1.80. The van der Waals surface area contributed by atoms with Gasteiger partial charge in [-0.3, -0.25) is 9.59 Å². The number of methoxy groups -OCH3 is 1. The molecule has 1 aromatic carbocycles. The first-order valence-electron chi connectivity index (χ1n) is 8.01. The van der Waals surface area contributed by atoms with Crippen LogP contribution in [-0.2, 0) is 9.59 Å². The van der Waals surface area contributed by atoms with Gasteiger partial charge in [-0.25, -0.2) is 4.79 Å². The fourth-order valence-corrected chi connectivity index (χ4v) is 2.52. The number of carboxylic acid groups (broad SMARTS) is 1. The van der Waals surface area contributed by atoms with Crippen molar-refractivity contribution in [1.82, 2.24) is 10.2 Å². The van der Waals surface area contributed by atoms with Gasteiger partial charge in [0.25, 0.3) is 5.91 Å². The normalized spacial score (nSPS) is 11.4. The van der Waals surface area contributed by atoms with Crippen molar-refractivity contribution in [3.8, 4) is 11.5 Å². The topological polar surface area (TPSA) is 105 Å². The summed E-state index contributed by atoms with van der Waals surface area (Å²) in [7, 11) is 1.41. The Labute approximate surface area is 157 Å². The number of amides is 2. The molecule has 1 aromatic rings. The average Bonchev–Trinajstić information content (AvgIpc) is 2.58. The molecule has 1 unspecified atom stereocenters. The summed E-state index contributed by atoms with van der Waals surface area (Å²) in [6.45, 7) is 5.03. The molecule has 0 saturated heterocycles. The molecular formula is C17H23ClN2O6. The maximum Gasteiger partial charge on any atom is 0.326 e. The molecule has 0 saturated carbocycles. The van der Waals surface area contributed by atoms with Crippen molar-refractivity contribution in [2.45, 2.75) is 26.8 Å². The summed E-state index contributed by atoms with van der Waals surface area (Å²) in [5.41, 5.74) is 0.159. The third-order valence-corrected chi connectivity index (χ3v) is 3.86. The van der Waals surface area contributed by atoms with Crippen LogP contribution in [-0.4, -0.2) is 60.6 Å². The Balaban J connectivity index is 3.18. The Bertz CT molecular complexity index is 679. The second-order valence-corrected chi connectivity index (χ2v) is 5.83. The third-order valence-electron chi connectivity index (χ3n) is 3.58. The van der Waals surface area contributed by atoms with Gasteiger partial charge in [0.05, 0.1) is 18.7 Å². The molecule has 0 bridgehead atoms. The van der Waals surface area contributed by atoms with Crippen molar-refractivity contribution in [3.05, 3.63) is 22.7 Å². The molecule has 0 aliphatic heterocycles. The third kappa shape index (κ3) is 5.52. The van der Waals surface area contributed by atoms with Gasteiger partial charge in [0.15, 0.2) is 11.5 Å². The van der Waals surface area contributed by atoms with Crippen LogP contribution in [0.15, 0.2) is 12.1 Å². The first kappa shape index (κ1) is 21.6. The van der Waals surface area contributed by atoms with Gasteiger partial charge in [0.2, 0.25) is 5.91 Å². The molecule has 0 heterocycles. The molecule has 1 rings (SSSR count). The van der Waals surface area contributed by atoms with E-state index in [4.69, 9.17) is 21.1 Å². The highest BCUT2D eigenvalue weighted by Gasteiger charge is 2.27. The van der Waals surface area contributed by atoms with E-state index in [1.165, 1.54) is 33.1 Å². The maximum atomic E-state index is 12.9. The fourth-order valence-electron chi connectivity index (χ4n) is 2.25. The lowest BCUT2D eigenvalue weighted by Gasteiger charge is -2.27. The van der Waals surface area contributed by atoms with Crippen molar-refractivity contribution in [1.29, 1.82) is 0 Å². The second kappa shape index (κ2) is 9.86. The minimum absolute atomic E-state index is 0.0268. The first-order valence-corrected chi connectivity index (χ1v) is 8.39. The number of carboxylic acids is 1. The molecule has 0 aliphatic carbocycles. The van der Waals surface area contributed by atoms with Crippen LogP contribution in [0.1, 0.15) is 31.1 Å². The summed E-state index contributed by atoms with van der Waals surface area (Å²) in [4.78, 5) is 36.4. The number of ether oxygens (including phenoxy) is 2. The van der Waals surface area contributed by atoms with Gasteiger partial charge in [-0.2, -0.15) is 0 Å². The lowest BCUT2D eigenvalue weighted by Crippen LogP contribution is -2.46. The number of nitrogens with zero attached hydrogens (tertiary/aromatic N) is 1. The molecule has 0 spiro atoms. The highest BCUT2D eigenvalue weighted by molar-refractivity contribution is 6.32. The van der Waals surface area contributed by atoms with E-state index in [0.717, 1.165) is 4.90 Å². The van der Waals surface area contributed by atoms with Gasteiger partial charge < -0.3 is 24.8 Å². The van der Waals surface area contributed by atoms with E-state index in [-0.39, 0.29) is 35.3 Å². The smallest absolute Gasteiger partial charge is 0.326 e. The minimum atomic E-state index is -1.16. The van der Waals surface area contributed by atoms with Crippen molar-refractivity contribution >= 4 is 29.4 Å². The zero-order valence-electron chi connectivity index (χ0n) is 15.2. The van der Waals surface area contributed by atoms with E-state index in [9.17, 15) is 19.5 Å². The van der Waals surface area contributed by atoms with Gasteiger partial charge >= 0.3 is 5.97 Å². The largest absolute Gasteiger partial charge is 0.493 e. The van der Waals surface area contributed by atoms with E-state index >= 15 is 0 Å². The number of hydrogen-bond acceptors (Lipinski definition) is 5. The lowest BCUT2D eigenvalue weighted by molar-refractivity contribution is -0.141. The van der Waals surface area contributed by atoms with Gasteiger partial charge in [0.1, 0.15) is 6.04 Å². The zero-order chi connectivity index (χ0) is 19.9. The van der Waals surface area contributed by atoms with Crippen molar-refractivity contribution in [2.24, 2.45) is 0 Å². The molecule has 0 aliphatic rings. The first-order chi connectivity index (χ1) is 12.2. The fraction of sp³-hybridized carbons (Fsp3) is 0.471. The Hall–Kier alpha value is -2.48. The van der Waals surface area contributed by atoms with Crippen LogP contribution in [0, 0.1) is 0 Å². The number of aliphatic carboxylic acids is 1. The molecule has 144 valence electrons. The Kier molecular flexibility index (Phi) is 8.18. The molecule has 2 amide bonds. The zero-order valence-corrected chi connectivity index (χ0v) is 15.9. The molecule has 1 atom stereocenters. The Morgan fingerprint density at radius 2 is 2.00 bits per heavy atom. The van der Waals surface area contributed by atoms with Crippen LogP contribution in [0.4, 0.5) is 0 Å². The van der Waals surface area contributed by atoms with Crippen LogP contribution in [0.5, 0.6) is 11.5 Å². The van der Waals surface area contributed by atoms with Crippen LogP contribution in [0.3, 0.4) is 0 Å². The number of halogens is 1. The molecule has 9 heteroatoms. The second-order valence-electron chi connectivity index (χ2n) is 5.42. The van der Waals surface area contributed by atoms with E-state index < -0.39 is 17.9 Å². The highest BCUT2D eigenvalue weighted by atomic mass is 35.5. The predicted molar refractivity (Wildman–Crippen MR) is 96.0 cm³/mol. The maximum absolute atomic E-state index is 12.9. The molecule has 0 fully saturated rings. The number of carbonyl (C=O) groups is 3. The SMILES string of the molecule is CCOc1c(Cl)cc(C(=O)N(CCNC(C)=O)C(C)C(=O)O)cc1OC. The number of benzene rings is 1. The molecular weight excluding hydrogens is 364 g/mol. The van der Waals surface area contributed by atoms with E-state index in [1.54, 1.807) is 6.92 Å². The summed E-state index contributed by atoms with van der Waals surface area (Å²) >= 11 is 6.18. The highest BCUT2D eigenvalue weighted by Crippen LogP contribution is 2.36. The van der Waals surface area contributed by atoms with Gasteiger partial charge in [-0.05, 0) is 26.0 Å². The number of nitrogens with one attached hydrogen (secondary N) is 1. The number of hydrogen-bond donors (Lipinski definition) is 2. The summed E-state index contributed by atoms with van der Waals surface area (Å²) in [5, 5.41) is 12.0. The summed E-state index contributed by atoms with van der Waals surface area (Å²) in [6.07, 6.45) is 0. The van der Waals surface area contributed by atoms with Crippen molar-refractivity contribution in [2.75, 3.05) is 26.8 Å². The number of carbonyl (C=O) groups excluding carboxylic acids is 2. The van der Waals surface area contributed by atoms with Gasteiger partial charge in [-0.15, -0.1) is 0 Å². The summed E-state index contributed by atoms with van der Waals surface area (Å²) in [5.74, 6) is -1.40. The van der Waals surface area contributed by atoms with Gasteiger partial charge in [0, 0.05) is 25.6 Å². The Morgan fingerprint density at radius 1 is 1.35 bits per heavy atom. The number of rotatable bonds is 9. The van der Waals surface area contributed by atoms with Crippen molar-refractivity contribution in [3.63, 3.8) is 0 Å². The molecule has 0 aromatic heterocycles. The van der Waals surface area contributed by atoms with Crippen molar-refractivity contribution < 1.29 is 29.0 Å².